The van der Waals surface area contributed by atoms with Crippen LogP contribution in [0, 0.1) is 0 Å². The zero-order chi connectivity index (χ0) is 11.6. The summed E-state index contributed by atoms with van der Waals surface area (Å²) in [6.45, 7) is 0. The number of hydrogen-bond acceptors (Lipinski definition) is 4. The van der Waals surface area contributed by atoms with Gasteiger partial charge in [0.2, 0.25) is 0 Å². The maximum Gasteiger partial charge on any atom is 0.471 e. The van der Waals surface area contributed by atoms with Crippen molar-refractivity contribution < 1.29 is 17.7 Å². The van der Waals surface area contributed by atoms with Gasteiger partial charge in [-0.2, -0.15) is 18.2 Å². The molecule has 0 spiro atoms. The smallest absolute Gasteiger partial charge is 0.327 e. The Kier molecular flexibility index (Phi) is 2.51. The van der Waals surface area contributed by atoms with Crippen LogP contribution in [0.2, 0.25) is 0 Å². The molecule has 1 aromatic carbocycles. The second-order valence-electron chi connectivity index (χ2n) is 2.91. The van der Waals surface area contributed by atoms with Crippen molar-refractivity contribution in [1.29, 1.82) is 0 Å². The van der Waals surface area contributed by atoms with Gasteiger partial charge in [0.05, 0.1) is 0 Å². The minimum Gasteiger partial charge on any atom is -0.327 e. The van der Waals surface area contributed by atoms with Crippen LogP contribution in [0.3, 0.4) is 0 Å². The first-order valence-electron chi connectivity index (χ1n) is 4.29. The van der Waals surface area contributed by atoms with E-state index < -0.39 is 12.1 Å². The fourth-order valence-electron chi connectivity index (χ4n) is 1.04. The quantitative estimate of drug-likeness (QED) is 0.860. The molecule has 84 valence electrons. The van der Waals surface area contributed by atoms with Crippen LogP contribution in [-0.4, -0.2) is 10.1 Å². The van der Waals surface area contributed by atoms with Crippen LogP contribution in [0.25, 0.3) is 0 Å². The molecule has 1 N–H and O–H groups in total. The lowest BCUT2D eigenvalue weighted by molar-refractivity contribution is -0.159. The number of para-hydroxylation sites is 1. The van der Waals surface area contributed by atoms with E-state index >= 15 is 0 Å². The number of anilines is 2. The lowest BCUT2D eigenvalue weighted by atomic mass is 10.3. The largest absolute Gasteiger partial charge is 0.471 e. The van der Waals surface area contributed by atoms with Gasteiger partial charge in [0.1, 0.15) is 0 Å². The van der Waals surface area contributed by atoms with Crippen molar-refractivity contribution in [3.8, 4) is 0 Å². The van der Waals surface area contributed by atoms with E-state index in [1.807, 2.05) is 0 Å². The van der Waals surface area contributed by atoms with E-state index in [-0.39, 0.29) is 5.95 Å². The summed E-state index contributed by atoms with van der Waals surface area (Å²) in [5.74, 6) is -1.59. The minimum absolute atomic E-state index is 0.224. The molecule has 0 unspecified atom stereocenters. The SMILES string of the molecule is FC(F)(F)c1nc(Nc2ccccc2)no1. The van der Waals surface area contributed by atoms with Gasteiger partial charge in [0, 0.05) is 5.69 Å². The average Bonchev–Trinajstić information content (AvgIpc) is 2.67. The van der Waals surface area contributed by atoms with Crippen molar-refractivity contribution >= 4 is 11.6 Å². The molecule has 0 aliphatic rings. The van der Waals surface area contributed by atoms with Gasteiger partial charge >= 0.3 is 12.1 Å². The molecule has 0 atom stereocenters. The van der Waals surface area contributed by atoms with Crippen LogP contribution < -0.4 is 5.32 Å². The van der Waals surface area contributed by atoms with E-state index in [4.69, 9.17) is 0 Å². The van der Waals surface area contributed by atoms with E-state index in [2.05, 4.69) is 20.0 Å². The van der Waals surface area contributed by atoms with Gasteiger partial charge in [-0.3, -0.25) is 0 Å². The first-order chi connectivity index (χ1) is 7.55. The summed E-state index contributed by atoms with van der Waals surface area (Å²) >= 11 is 0. The van der Waals surface area contributed by atoms with E-state index in [9.17, 15) is 13.2 Å². The second-order valence-corrected chi connectivity index (χ2v) is 2.91. The molecule has 1 aromatic heterocycles. The van der Waals surface area contributed by atoms with Crippen molar-refractivity contribution in [2.45, 2.75) is 6.18 Å². The summed E-state index contributed by atoms with van der Waals surface area (Å²) in [6, 6.07) is 8.58. The van der Waals surface area contributed by atoms with Crippen LogP contribution in [0.5, 0.6) is 0 Å². The van der Waals surface area contributed by atoms with Crippen LogP contribution in [0.1, 0.15) is 5.89 Å². The summed E-state index contributed by atoms with van der Waals surface area (Å²) in [6.07, 6.45) is -4.62. The number of nitrogens with zero attached hydrogens (tertiary/aromatic N) is 2. The van der Waals surface area contributed by atoms with Crippen LogP contribution in [0.15, 0.2) is 34.9 Å². The first kappa shape index (κ1) is 10.5. The van der Waals surface area contributed by atoms with Crippen LogP contribution in [-0.2, 0) is 6.18 Å². The Morgan fingerprint density at radius 1 is 1.12 bits per heavy atom. The number of alkyl halides is 3. The molecule has 16 heavy (non-hydrogen) atoms. The number of benzene rings is 1. The van der Waals surface area contributed by atoms with E-state index in [1.54, 1.807) is 30.3 Å². The lowest BCUT2D eigenvalue weighted by Crippen LogP contribution is -2.05. The molecule has 0 saturated carbocycles. The monoisotopic (exact) mass is 229 g/mol. The summed E-state index contributed by atoms with van der Waals surface area (Å²) in [5, 5.41) is 5.74. The van der Waals surface area contributed by atoms with Crippen LogP contribution >= 0.6 is 0 Å². The normalized spacial score (nSPS) is 11.4. The standard InChI is InChI=1S/C9H6F3N3O/c10-9(11,12)7-14-8(15-16-7)13-6-4-2-1-3-5-6/h1-5H,(H,13,15). The molecule has 0 fully saturated rings. The summed E-state index contributed by atoms with van der Waals surface area (Å²) < 4.78 is 40.4. The Morgan fingerprint density at radius 3 is 2.38 bits per heavy atom. The van der Waals surface area contributed by atoms with Gasteiger partial charge in [-0.1, -0.05) is 18.2 Å². The van der Waals surface area contributed by atoms with Gasteiger partial charge in [-0.05, 0) is 17.3 Å². The minimum atomic E-state index is -4.62. The number of nitrogens with one attached hydrogen (secondary N) is 1. The number of halogens is 3. The highest BCUT2D eigenvalue weighted by molar-refractivity contribution is 5.51. The predicted molar refractivity (Wildman–Crippen MR) is 49.0 cm³/mol. The highest BCUT2D eigenvalue weighted by atomic mass is 19.4. The summed E-state index contributed by atoms with van der Waals surface area (Å²) in [4.78, 5) is 3.16. The molecule has 0 radical (unpaired) electrons. The van der Waals surface area contributed by atoms with Crippen molar-refractivity contribution in [1.82, 2.24) is 10.1 Å². The highest BCUT2D eigenvalue weighted by Gasteiger charge is 2.38. The predicted octanol–water partition coefficient (Wildman–Crippen LogP) is 2.83. The maximum atomic E-state index is 12.1. The molecule has 0 amide bonds. The second kappa shape index (κ2) is 3.84. The zero-order valence-electron chi connectivity index (χ0n) is 7.82. The zero-order valence-corrected chi connectivity index (χ0v) is 7.82. The third kappa shape index (κ3) is 2.30. The van der Waals surface area contributed by atoms with Gasteiger partial charge in [-0.15, -0.1) is 0 Å². The Balaban J connectivity index is 2.15. The maximum absolute atomic E-state index is 12.1. The van der Waals surface area contributed by atoms with Crippen LogP contribution in [0.4, 0.5) is 24.8 Å². The fraction of sp³-hybridized carbons (Fsp3) is 0.111. The Hall–Kier alpha value is -2.05. The van der Waals surface area contributed by atoms with Gasteiger partial charge in [0.25, 0.3) is 5.95 Å². The summed E-state index contributed by atoms with van der Waals surface area (Å²) in [5.41, 5.74) is 0.581. The molecule has 2 aromatic rings. The topological polar surface area (TPSA) is 51.0 Å². The molecule has 0 aliphatic heterocycles. The molecule has 0 aliphatic carbocycles. The average molecular weight is 229 g/mol. The summed E-state index contributed by atoms with van der Waals surface area (Å²) in [7, 11) is 0. The van der Waals surface area contributed by atoms with Crippen molar-refractivity contribution in [3.05, 3.63) is 36.2 Å². The Labute approximate surface area is 88.1 Å². The first-order valence-corrected chi connectivity index (χ1v) is 4.29. The van der Waals surface area contributed by atoms with Crippen molar-refractivity contribution in [3.63, 3.8) is 0 Å². The molecule has 0 bridgehead atoms. The molecule has 4 nitrogen and oxygen atoms in total. The number of aromatic nitrogens is 2. The molecule has 1 heterocycles. The van der Waals surface area contributed by atoms with Crippen molar-refractivity contribution in [2.75, 3.05) is 5.32 Å². The van der Waals surface area contributed by atoms with Gasteiger partial charge in [0.15, 0.2) is 0 Å². The molecule has 7 heteroatoms. The number of rotatable bonds is 2. The molecule has 2 rings (SSSR count). The highest BCUT2D eigenvalue weighted by Crippen LogP contribution is 2.28. The van der Waals surface area contributed by atoms with Gasteiger partial charge in [-0.25, -0.2) is 0 Å². The molecule has 0 saturated heterocycles. The van der Waals surface area contributed by atoms with E-state index in [0.717, 1.165) is 0 Å². The molecular formula is C9H6F3N3O. The van der Waals surface area contributed by atoms with E-state index in [1.165, 1.54) is 0 Å². The van der Waals surface area contributed by atoms with Crippen molar-refractivity contribution in [2.24, 2.45) is 0 Å². The number of hydrogen-bond donors (Lipinski definition) is 1. The Bertz CT molecular complexity index is 466. The molecular weight excluding hydrogens is 223 g/mol. The van der Waals surface area contributed by atoms with E-state index in [0.29, 0.717) is 5.69 Å². The Morgan fingerprint density at radius 2 is 1.81 bits per heavy atom. The third-order valence-electron chi connectivity index (χ3n) is 1.70. The lowest BCUT2D eigenvalue weighted by Gasteiger charge is -1.99. The third-order valence-corrected chi connectivity index (χ3v) is 1.70. The fourth-order valence-corrected chi connectivity index (χ4v) is 1.04. The van der Waals surface area contributed by atoms with Gasteiger partial charge < -0.3 is 9.84 Å².